The normalized spacial score (nSPS) is 34.6. The fourth-order valence-electron chi connectivity index (χ4n) is 3.90. The Hall–Kier alpha value is -0.940. The largest absolute Gasteiger partial charge is 0.345 e. The Morgan fingerprint density at radius 2 is 1.83 bits per heavy atom. The fraction of sp³-hybridized carbons (Fsp3) is 0.684. The third-order valence-electron chi connectivity index (χ3n) is 5.35. The first-order chi connectivity index (χ1) is 11.2. The molecule has 1 saturated carbocycles. The molecular formula is C19H30N2O2. The lowest BCUT2D eigenvalue weighted by atomic mass is 9.78. The highest BCUT2D eigenvalue weighted by molar-refractivity contribution is 5.13. The predicted molar refractivity (Wildman–Crippen MR) is 91.7 cm³/mol. The van der Waals surface area contributed by atoms with Crippen LogP contribution in [0, 0.1) is 5.92 Å². The summed E-state index contributed by atoms with van der Waals surface area (Å²) in [5.74, 6) is 0.623. The molecule has 4 heteroatoms. The molecule has 0 aromatic heterocycles. The van der Waals surface area contributed by atoms with Gasteiger partial charge in [-0.1, -0.05) is 43.2 Å². The van der Waals surface area contributed by atoms with Gasteiger partial charge in [-0.3, -0.25) is 0 Å². The first-order valence-electron chi connectivity index (χ1n) is 9.00. The molecule has 2 fully saturated rings. The van der Waals surface area contributed by atoms with Crippen molar-refractivity contribution >= 4 is 0 Å². The van der Waals surface area contributed by atoms with E-state index in [4.69, 9.17) is 20.9 Å². The highest BCUT2D eigenvalue weighted by atomic mass is 16.8. The molecule has 0 spiro atoms. The molecule has 2 atom stereocenters. The Kier molecular flexibility index (Phi) is 5.70. The molecule has 1 aromatic carbocycles. The van der Waals surface area contributed by atoms with Crippen LogP contribution in [0.4, 0.5) is 0 Å². The predicted octanol–water partition coefficient (Wildman–Crippen LogP) is 2.94. The van der Waals surface area contributed by atoms with E-state index in [-0.39, 0.29) is 11.8 Å². The molecule has 4 nitrogen and oxygen atoms in total. The van der Waals surface area contributed by atoms with Crippen molar-refractivity contribution in [3.05, 3.63) is 35.9 Å². The molecule has 1 aliphatic carbocycles. The van der Waals surface area contributed by atoms with Crippen LogP contribution in [0.25, 0.3) is 0 Å². The third-order valence-corrected chi connectivity index (χ3v) is 5.35. The van der Waals surface area contributed by atoms with Crippen molar-refractivity contribution in [2.45, 2.75) is 69.5 Å². The highest BCUT2D eigenvalue weighted by Gasteiger charge is 2.46. The Morgan fingerprint density at radius 1 is 1.13 bits per heavy atom. The molecule has 3 rings (SSSR count). The second-order valence-corrected chi connectivity index (χ2v) is 7.21. The average Bonchev–Trinajstić information content (AvgIpc) is 3.30. The average molecular weight is 318 g/mol. The summed E-state index contributed by atoms with van der Waals surface area (Å²) in [5, 5.41) is 0. The van der Waals surface area contributed by atoms with Crippen LogP contribution in [0.15, 0.2) is 30.3 Å². The van der Waals surface area contributed by atoms with E-state index in [0.29, 0.717) is 25.2 Å². The smallest absolute Gasteiger partial charge is 0.185 e. The standard InChI is InChI=1S/C19H30N2O2/c20-13-12-19(21)10-4-8-16(9-5-11-19)17-18(23-17)22-14-15-6-2-1-3-7-15/h1-3,6-7,16-18H,4-5,8-14,20-21H2. The molecule has 1 aliphatic heterocycles. The van der Waals surface area contributed by atoms with E-state index in [0.717, 1.165) is 19.3 Å². The third kappa shape index (κ3) is 4.77. The van der Waals surface area contributed by atoms with Gasteiger partial charge < -0.3 is 20.9 Å². The molecule has 0 amide bonds. The van der Waals surface area contributed by atoms with Gasteiger partial charge in [-0.05, 0) is 50.1 Å². The molecule has 0 bridgehead atoms. The molecule has 1 aromatic rings. The van der Waals surface area contributed by atoms with Crippen molar-refractivity contribution in [2.24, 2.45) is 17.4 Å². The Labute approximate surface area is 139 Å². The van der Waals surface area contributed by atoms with Gasteiger partial charge in [0.1, 0.15) is 6.10 Å². The number of rotatable bonds is 6. The number of hydrogen-bond acceptors (Lipinski definition) is 4. The maximum atomic E-state index is 6.48. The van der Waals surface area contributed by atoms with Crippen molar-refractivity contribution in [1.29, 1.82) is 0 Å². The maximum Gasteiger partial charge on any atom is 0.185 e. The van der Waals surface area contributed by atoms with E-state index in [9.17, 15) is 0 Å². The molecule has 128 valence electrons. The van der Waals surface area contributed by atoms with Crippen LogP contribution in [-0.2, 0) is 16.1 Å². The molecule has 2 unspecified atom stereocenters. The van der Waals surface area contributed by atoms with E-state index in [1.165, 1.54) is 31.2 Å². The SMILES string of the molecule is NCCC1(N)CCCC(C2OC2OCc2ccccc2)CCC1. The first kappa shape index (κ1) is 16.9. The molecule has 0 radical (unpaired) electrons. The van der Waals surface area contributed by atoms with Crippen LogP contribution in [-0.4, -0.2) is 24.5 Å². The van der Waals surface area contributed by atoms with Crippen LogP contribution >= 0.6 is 0 Å². The number of hydrogen-bond donors (Lipinski definition) is 2. The lowest BCUT2D eigenvalue weighted by molar-refractivity contribution is 0.0384. The van der Waals surface area contributed by atoms with Crippen molar-refractivity contribution in [3.8, 4) is 0 Å². The van der Waals surface area contributed by atoms with Gasteiger partial charge in [0.2, 0.25) is 0 Å². The van der Waals surface area contributed by atoms with Crippen molar-refractivity contribution < 1.29 is 9.47 Å². The lowest BCUT2D eigenvalue weighted by Crippen LogP contribution is -2.42. The van der Waals surface area contributed by atoms with E-state index in [1.54, 1.807) is 0 Å². The molecule has 1 saturated heterocycles. The molecule has 2 aliphatic rings. The summed E-state index contributed by atoms with van der Waals surface area (Å²) < 4.78 is 11.7. The van der Waals surface area contributed by atoms with E-state index in [1.807, 2.05) is 18.2 Å². The van der Waals surface area contributed by atoms with E-state index < -0.39 is 0 Å². The topological polar surface area (TPSA) is 73.8 Å². The van der Waals surface area contributed by atoms with E-state index in [2.05, 4.69) is 12.1 Å². The van der Waals surface area contributed by atoms with E-state index >= 15 is 0 Å². The number of benzene rings is 1. The van der Waals surface area contributed by atoms with Crippen LogP contribution in [0.1, 0.15) is 50.5 Å². The van der Waals surface area contributed by atoms with Gasteiger partial charge in [0, 0.05) is 5.54 Å². The minimum Gasteiger partial charge on any atom is -0.345 e. The Bertz CT molecular complexity index is 470. The second kappa shape index (κ2) is 7.75. The maximum absolute atomic E-state index is 6.48. The van der Waals surface area contributed by atoms with Gasteiger partial charge in [0.05, 0.1) is 6.61 Å². The number of nitrogens with two attached hydrogens (primary N) is 2. The van der Waals surface area contributed by atoms with Crippen LogP contribution in [0.2, 0.25) is 0 Å². The Morgan fingerprint density at radius 3 is 2.48 bits per heavy atom. The van der Waals surface area contributed by atoms with Gasteiger partial charge in [0.15, 0.2) is 6.29 Å². The van der Waals surface area contributed by atoms with Gasteiger partial charge in [-0.2, -0.15) is 0 Å². The van der Waals surface area contributed by atoms with Crippen LogP contribution in [0.3, 0.4) is 0 Å². The fourth-order valence-corrected chi connectivity index (χ4v) is 3.90. The second-order valence-electron chi connectivity index (χ2n) is 7.21. The number of epoxide rings is 1. The summed E-state index contributed by atoms with van der Waals surface area (Å²) in [7, 11) is 0. The van der Waals surface area contributed by atoms with Gasteiger partial charge in [-0.25, -0.2) is 0 Å². The zero-order chi connectivity index (χ0) is 16.1. The summed E-state index contributed by atoms with van der Waals surface area (Å²) in [6.45, 7) is 1.33. The molecule has 23 heavy (non-hydrogen) atoms. The minimum absolute atomic E-state index is 0.00805. The van der Waals surface area contributed by atoms with Gasteiger partial charge in [0.25, 0.3) is 0 Å². The van der Waals surface area contributed by atoms with Crippen LogP contribution in [0.5, 0.6) is 0 Å². The van der Waals surface area contributed by atoms with Crippen molar-refractivity contribution in [3.63, 3.8) is 0 Å². The molecule has 1 heterocycles. The zero-order valence-corrected chi connectivity index (χ0v) is 14.0. The van der Waals surface area contributed by atoms with Gasteiger partial charge >= 0.3 is 0 Å². The lowest BCUT2D eigenvalue weighted by Gasteiger charge is -2.32. The zero-order valence-electron chi connectivity index (χ0n) is 14.0. The minimum atomic E-state index is -0.0344. The summed E-state index contributed by atoms with van der Waals surface area (Å²) >= 11 is 0. The summed E-state index contributed by atoms with van der Waals surface area (Å²) in [4.78, 5) is 0. The van der Waals surface area contributed by atoms with Crippen LogP contribution < -0.4 is 11.5 Å². The Balaban J connectivity index is 1.41. The quantitative estimate of drug-likeness (QED) is 0.791. The van der Waals surface area contributed by atoms with Gasteiger partial charge in [-0.15, -0.1) is 0 Å². The summed E-state index contributed by atoms with van der Waals surface area (Å²) in [5.41, 5.74) is 13.4. The number of ether oxygens (including phenoxy) is 2. The summed E-state index contributed by atoms with van der Waals surface area (Å²) in [6.07, 6.45) is 8.13. The van der Waals surface area contributed by atoms with Crippen molar-refractivity contribution in [2.75, 3.05) is 6.54 Å². The molecule has 4 N–H and O–H groups in total. The van der Waals surface area contributed by atoms with Crippen molar-refractivity contribution in [1.82, 2.24) is 0 Å². The monoisotopic (exact) mass is 318 g/mol. The highest BCUT2D eigenvalue weighted by Crippen LogP contribution is 2.39. The first-order valence-corrected chi connectivity index (χ1v) is 9.00. The summed E-state index contributed by atoms with van der Waals surface area (Å²) in [6, 6.07) is 10.3. The molecular weight excluding hydrogens is 288 g/mol.